The van der Waals surface area contributed by atoms with Gasteiger partial charge >= 0.3 is 5.63 Å². The molecule has 0 bridgehead atoms. The number of fused-ring (bicyclic) bond motifs is 1. The van der Waals surface area contributed by atoms with E-state index < -0.39 is 10.4 Å². The third-order valence-corrected chi connectivity index (χ3v) is 4.39. The molecule has 8 nitrogen and oxygen atoms in total. The molecule has 1 N–H and O–H groups in total. The Labute approximate surface area is 175 Å². The first kappa shape index (κ1) is 23.3. The van der Waals surface area contributed by atoms with Crippen LogP contribution < -0.4 is 15.1 Å². The van der Waals surface area contributed by atoms with Crippen LogP contribution in [-0.4, -0.2) is 30.6 Å². The minimum atomic E-state index is -4.92. The van der Waals surface area contributed by atoms with Crippen LogP contribution in [0.4, 0.5) is 5.69 Å². The minimum Gasteiger partial charge on any atom is -0.726 e. The quantitative estimate of drug-likeness (QED) is 0.209. The summed E-state index contributed by atoms with van der Waals surface area (Å²) in [6, 6.07) is 11.8. The molecule has 0 aliphatic carbocycles. The van der Waals surface area contributed by atoms with E-state index in [4.69, 9.17) is 21.9 Å². The van der Waals surface area contributed by atoms with Crippen LogP contribution in [0.3, 0.4) is 0 Å². The Balaban J connectivity index is 0.000000575. The van der Waals surface area contributed by atoms with E-state index in [0.29, 0.717) is 11.1 Å². The van der Waals surface area contributed by atoms with E-state index in [1.54, 1.807) is 0 Å². The van der Waals surface area contributed by atoms with Crippen molar-refractivity contribution in [3.63, 3.8) is 0 Å². The van der Waals surface area contributed by atoms with E-state index in [1.807, 2.05) is 53.4 Å². The fraction of sp³-hybridized carbons (Fsp3) is 0.238. The van der Waals surface area contributed by atoms with Crippen LogP contribution in [0.1, 0.15) is 13.8 Å². The van der Waals surface area contributed by atoms with Crippen molar-refractivity contribution in [2.24, 2.45) is 0 Å². The molecule has 0 amide bonds. The van der Waals surface area contributed by atoms with Gasteiger partial charge in [0.15, 0.2) is 18.9 Å². The molecule has 3 rings (SSSR count). The molecule has 30 heavy (non-hydrogen) atoms. The van der Waals surface area contributed by atoms with Crippen molar-refractivity contribution < 1.29 is 26.5 Å². The molecule has 0 fully saturated rings. The molecule has 0 spiro atoms. The van der Waals surface area contributed by atoms with Gasteiger partial charge in [-0.2, -0.15) is 0 Å². The van der Waals surface area contributed by atoms with Crippen LogP contribution in [0.2, 0.25) is 0 Å². The van der Waals surface area contributed by atoms with Crippen molar-refractivity contribution in [2.75, 3.05) is 18.0 Å². The summed E-state index contributed by atoms with van der Waals surface area (Å²) < 4.78 is 40.4. The second-order valence-electron chi connectivity index (χ2n) is 6.34. The zero-order valence-corrected chi connectivity index (χ0v) is 17.6. The number of nitrogens with zero attached hydrogens (tertiary/aromatic N) is 2. The van der Waals surface area contributed by atoms with E-state index in [9.17, 15) is 4.79 Å². The molecule has 0 unspecified atom stereocenters. The molecule has 2 heterocycles. The summed E-state index contributed by atoms with van der Waals surface area (Å²) in [5.41, 5.74) is 2.80. The van der Waals surface area contributed by atoms with Gasteiger partial charge in [-0.05, 0) is 38.1 Å². The fourth-order valence-corrected chi connectivity index (χ4v) is 2.99. The van der Waals surface area contributed by atoms with Crippen LogP contribution in [0.25, 0.3) is 22.1 Å². The Bertz CT molecular complexity index is 1160. The molecule has 0 saturated carbocycles. The van der Waals surface area contributed by atoms with Crippen molar-refractivity contribution in [2.45, 2.75) is 20.4 Å². The summed E-state index contributed by atoms with van der Waals surface area (Å²) in [5.74, 6) is 0. The molecule has 0 radical (unpaired) electrons. The third kappa shape index (κ3) is 6.51. The SMILES string of the molecule is C=CC[n+]1ccc(-c2cc3ccc(N(CC)CC)cc3oc2=O)cc1.O=S(=O)([O-])O. The van der Waals surface area contributed by atoms with Crippen molar-refractivity contribution in [3.05, 3.63) is 71.9 Å². The summed E-state index contributed by atoms with van der Waals surface area (Å²) in [6.07, 6.45) is 5.70. The summed E-state index contributed by atoms with van der Waals surface area (Å²) >= 11 is 0. The minimum absolute atomic E-state index is 0.314. The highest BCUT2D eigenvalue weighted by atomic mass is 32.3. The van der Waals surface area contributed by atoms with E-state index in [1.165, 1.54) is 0 Å². The second kappa shape index (κ2) is 10.1. The molecular formula is C21H24N2O6S. The zero-order valence-electron chi connectivity index (χ0n) is 16.8. The molecule has 3 aromatic rings. The summed E-state index contributed by atoms with van der Waals surface area (Å²) in [5, 5.41) is 0.924. The maximum atomic E-state index is 12.5. The Hall–Kier alpha value is -3.01. The van der Waals surface area contributed by atoms with Crippen LogP contribution in [0.15, 0.2) is 70.7 Å². The Morgan fingerprint density at radius 1 is 1.17 bits per heavy atom. The standard InChI is InChI=1S/C21H23N2O2.H2O4S/c1-4-11-22-12-9-16(10-13-22)19-14-17-7-8-18(23(5-2)6-3)15-20(17)25-21(19)24;1-5(2,3)4/h4,7-10,12-15H,1,5-6,11H2,2-3H3;(H2,1,2,3,4)/q+1;/p-1. The normalized spacial score (nSPS) is 10.9. The lowest BCUT2D eigenvalue weighted by molar-refractivity contribution is -0.686. The lowest BCUT2D eigenvalue weighted by atomic mass is 10.1. The monoisotopic (exact) mass is 432 g/mol. The molecule has 9 heteroatoms. The topological polar surface area (TPSA) is 115 Å². The molecule has 0 aliphatic heterocycles. The number of allylic oxidation sites excluding steroid dienone is 1. The first-order valence-corrected chi connectivity index (χ1v) is 10.6. The highest BCUT2D eigenvalue weighted by Gasteiger charge is 2.11. The number of hydrogen-bond acceptors (Lipinski definition) is 6. The summed E-state index contributed by atoms with van der Waals surface area (Å²) in [4.78, 5) is 14.7. The van der Waals surface area contributed by atoms with Gasteiger partial charge in [0.2, 0.25) is 10.4 Å². The maximum absolute atomic E-state index is 12.5. The Morgan fingerprint density at radius 3 is 2.30 bits per heavy atom. The number of aromatic nitrogens is 1. The van der Waals surface area contributed by atoms with Gasteiger partial charge in [0.25, 0.3) is 0 Å². The van der Waals surface area contributed by atoms with Gasteiger partial charge in [0.05, 0.1) is 5.56 Å². The molecule has 0 aliphatic rings. The van der Waals surface area contributed by atoms with Crippen LogP contribution in [0.5, 0.6) is 0 Å². The first-order valence-electron chi connectivity index (χ1n) is 9.27. The number of rotatable bonds is 6. The van der Waals surface area contributed by atoms with Crippen molar-refractivity contribution in [1.29, 1.82) is 0 Å². The van der Waals surface area contributed by atoms with Gasteiger partial charge in [-0.25, -0.2) is 17.8 Å². The van der Waals surface area contributed by atoms with Gasteiger partial charge < -0.3 is 13.9 Å². The largest absolute Gasteiger partial charge is 0.726 e. The molecule has 2 aromatic heterocycles. The molecule has 160 valence electrons. The fourth-order valence-electron chi connectivity index (χ4n) is 2.99. The average Bonchev–Trinajstić information content (AvgIpc) is 2.68. The van der Waals surface area contributed by atoms with Gasteiger partial charge in [-0.15, -0.1) is 0 Å². The molecule has 0 saturated heterocycles. The van der Waals surface area contributed by atoms with Crippen molar-refractivity contribution >= 4 is 27.1 Å². The average molecular weight is 432 g/mol. The first-order chi connectivity index (χ1) is 14.2. The molecule has 0 atom stereocenters. The number of anilines is 1. The van der Waals surface area contributed by atoms with E-state index in [0.717, 1.165) is 36.3 Å². The van der Waals surface area contributed by atoms with Crippen molar-refractivity contribution in [1.82, 2.24) is 0 Å². The van der Waals surface area contributed by atoms with Gasteiger partial charge in [0.1, 0.15) is 5.58 Å². The van der Waals surface area contributed by atoms with Crippen LogP contribution >= 0.6 is 0 Å². The van der Waals surface area contributed by atoms with Gasteiger partial charge in [-0.1, -0.05) is 6.58 Å². The number of hydrogen-bond donors (Lipinski definition) is 1. The number of pyridine rings is 1. The third-order valence-electron chi connectivity index (χ3n) is 4.39. The summed E-state index contributed by atoms with van der Waals surface area (Å²) in [7, 11) is -4.92. The van der Waals surface area contributed by atoms with Gasteiger partial charge in [0, 0.05) is 47.9 Å². The highest BCUT2D eigenvalue weighted by molar-refractivity contribution is 7.79. The zero-order chi connectivity index (χ0) is 22.3. The molecule has 1 aromatic carbocycles. The predicted molar refractivity (Wildman–Crippen MR) is 114 cm³/mol. The summed E-state index contributed by atoms with van der Waals surface area (Å²) in [6.45, 7) is 10.5. The predicted octanol–water partition coefficient (Wildman–Crippen LogP) is 2.78. The molecular weight excluding hydrogens is 408 g/mol. The van der Waals surface area contributed by atoms with E-state index in [2.05, 4.69) is 31.4 Å². The van der Waals surface area contributed by atoms with Gasteiger partial charge in [-0.3, -0.25) is 4.55 Å². The van der Waals surface area contributed by atoms with E-state index in [-0.39, 0.29) is 5.63 Å². The Kier molecular flexibility index (Phi) is 7.87. The lowest BCUT2D eigenvalue weighted by Gasteiger charge is -2.21. The lowest BCUT2D eigenvalue weighted by Crippen LogP contribution is -2.31. The van der Waals surface area contributed by atoms with Crippen LogP contribution in [0, 0.1) is 0 Å². The number of benzene rings is 1. The second-order valence-corrected chi connectivity index (χ2v) is 7.20. The maximum Gasteiger partial charge on any atom is 0.344 e. The smallest absolute Gasteiger partial charge is 0.344 e. The highest BCUT2D eigenvalue weighted by Crippen LogP contribution is 2.24. The Morgan fingerprint density at radius 2 is 1.77 bits per heavy atom. The van der Waals surface area contributed by atoms with Crippen LogP contribution in [-0.2, 0) is 16.9 Å². The van der Waals surface area contributed by atoms with E-state index >= 15 is 0 Å². The van der Waals surface area contributed by atoms with Crippen molar-refractivity contribution in [3.8, 4) is 11.1 Å².